The molecule has 2 rings (SSSR count). The zero-order valence-corrected chi connectivity index (χ0v) is 11.6. The average molecular weight is 340 g/mol. The van der Waals surface area contributed by atoms with Crippen LogP contribution in [0.25, 0.3) is 0 Å². The van der Waals surface area contributed by atoms with E-state index >= 15 is 0 Å². The molecule has 104 valence electrons. The molecule has 0 radical (unpaired) electrons. The van der Waals surface area contributed by atoms with Crippen molar-refractivity contribution in [3.63, 3.8) is 0 Å². The fraction of sp³-hybridized carbons (Fsp3) is 0. The Bertz CT molecular complexity index is 632. The third kappa shape index (κ3) is 3.32. The molecule has 0 aliphatic carbocycles. The minimum absolute atomic E-state index is 0.229. The average Bonchev–Trinajstić information content (AvgIpc) is 2.41. The summed E-state index contributed by atoms with van der Waals surface area (Å²) >= 11 is 3.25. The van der Waals surface area contributed by atoms with Gasteiger partial charge in [0.15, 0.2) is 0 Å². The first kappa shape index (κ1) is 14.4. The molecule has 0 spiro atoms. The van der Waals surface area contributed by atoms with Gasteiger partial charge in [-0.25, -0.2) is 4.39 Å². The lowest BCUT2D eigenvalue weighted by molar-refractivity contribution is 0.102. The summed E-state index contributed by atoms with van der Waals surface area (Å²) < 4.78 is 14.4. The Balaban J connectivity index is 2.24. The predicted octanol–water partition coefficient (Wildman–Crippen LogP) is 3.53. The Labute approximate surface area is 122 Å². The molecule has 2 N–H and O–H groups in total. The zero-order valence-electron chi connectivity index (χ0n) is 10.0. The van der Waals surface area contributed by atoms with Crippen molar-refractivity contribution in [1.82, 2.24) is 0 Å². The van der Waals surface area contributed by atoms with Crippen molar-refractivity contribution in [3.05, 3.63) is 63.5 Å². The molecule has 2 aromatic carbocycles. The molecule has 0 unspecified atom stereocenters. The highest BCUT2D eigenvalue weighted by Crippen LogP contribution is 2.19. The van der Waals surface area contributed by atoms with Crippen LogP contribution in [0.5, 0.6) is 0 Å². The maximum absolute atomic E-state index is 13.6. The van der Waals surface area contributed by atoms with Crippen molar-refractivity contribution in [1.29, 1.82) is 0 Å². The topological polar surface area (TPSA) is 75.6 Å². The van der Waals surface area contributed by atoms with Gasteiger partial charge in [-0.2, -0.15) is 0 Å². The van der Waals surface area contributed by atoms with Crippen LogP contribution < -0.4 is 10.5 Å². The van der Waals surface area contributed by atoms with Crippen LogP contribution in [0.4, 0.5) is 15.8 Å². The molecule has 0 heterocycles. The van der Waals surface area contributed by atoms with E-state index in [1.54, 1.807) is 24.3 Å². The van der Waals surface area contributed by atoms with Crippen LogP contribution in [0.1, 0.15) is 10.4 Å². The first-order valence-electron chi connectivity index (χ1n) is 5.50. The summed E-state index contributed by atoms with van der Waals surface area (Å²) in [6.45, 7) is 0. The summed E-state index contributed by atoms with van der Waals surface area (Å²) in [4.78, 5) is 11.9. The normalized spacial score (nSPS) is 10.2. The van der Waals surface area contributed by atoms with Crippen molar-refractivity contribution in [2.24, 2.45) is 0 Å². The zero-order chi connectivity index (χ0) is 14.7. The van der Waals surface area contributed by atoms with E-state index in [4.69, 9.17) is 5.21 Å². The third-order valence-electron chi connectivity index (χ3n) is 2.52. The Kier molecular flexibility index (Phi) is 4.33. The van der Waals surface area contributed by atoms with Gasteiger partial charge in [-0.05, 0) is 42.5 Å². The van der Waals surface area contributed by atoms with Gasteiger partial charge in [0.1, 0.15) is 5.82 Å². The van der Waals surface area contributed by atoms with Gasteiger partial charge in [0, 0.05) is 10.2 Å². The molecule has 0 atom stereocenters. The standard InChI is InChI=1S/C13H9BrFN2O3/c14-8-1-3-9(4-2-8)16-13(18)11-7-10(17(19)20)5-6-12(11)15/h1-7,19H,(H,16,18)/q-1. The highest BCUT2D eigenvalue weighted by molar-refractivity contribution is 9.10. The first-order valence-corrected chi connectivity index (χ1v) is 6.29. The van der Waals surface area contributed by atoms with Gasteiger partial charge in [-0.3, -0.25) is 10.0 Å². The van der Waals surface area contributed by atoms with E-state index in [9.17, 15) is 14.4 Å². The molecule has 0 aromatic heterocycles. The number of carbonyl (C=O) groups is 1. The molecular formula is C13H9BrFN2O3-. The third-order valence-corrected chi connectivity index (χ3v) is 3.05. The van der Waals surface area contributed by atoms with Crippen molar-refractivity contribution in [2.75, 3.05) is 10.5 Å². The summed E-state index contributed by atoms with van der Waals surface area (Å²) in [5.41, 5.74) is -0.0846. The van der Waals surface area contributed by atoms with Gasteiger partial charge >= 0.3 is 0 Å². The molecule has 0 aliphatic rings. The Hall–Kier alpha value is -1.96. The number of benzene rings is 2. The van der Waals surface area contributed by atoms with Crippen LogP contribution in [0.15, 0.2) is 46.9 Å². The van der Waals surface area contributed by atoms with Crippen LogP contribution >= 0.6 is 15.9 Å². The molecule has 0 saturated heterocycles. The van der Waals surface area contributed by atoms with Gasteiger partial charge < -0.3 is 15.8 Å². The number of rotatable bonds is 3. The van der Waals surface area contributed by atoms with E-state index < -0.39 is 17.0 Å². The molecule has 7 heteroatoms. The number of nitrogens with one attached hydrogen (secondary N) is 1. The van der Waals surface area contributed by atoms with Crippen LogP contribution in [-0.2, 0) is 0 Å². The molecule has 0 bridgehead atoms. The second kappa shape index (κ2) is 6.00. The van der Waals surface area contributed by atoms with Gasteiger partial charge in [-0.1, -0.05) is 15.9 Å². The first-order chi connectivity index (χ1) is 9.47. The molecule has 0 fully saturated rings. The summed E-state index contributed by atoms with van der Waals surface area (Å²) in [5.74, 6) is -1.50. The lowest BCUT2D eigenvalue weighted by Gasteiger charge is -2.22. The van der Waals surface area contributed by atoms with E-state index in [-0.39, 0.29) is 11.3 Å². The molecule has 1 amide bonds. The highest BCUT2D eigenvalue weighted by atomic mass is 79.9. The second-order valence-corrected chi connectivity index (χ2v) is 4.81. The number of hydrogen-bond acceptors (Lipinski definition) is 4. The van der Waals surface area contributed by atoms with Crippen molar-refractivity contribution < 1.29 is 14.4 Å². The predicted molar refractivity (Wildman–Crippen MR) is 76.1 cm³/mol. The van der Waals surface area contributed by atoms with E-state index in [2.05, 4.69) is 21.2 Å². The van der Waals surface area contributed by atoms with Gasteiger partial charge in [0.05, 0.1) is 11.3 Å². The number of carbonyl (C=O) groups excluding carboxylic acids is 1. The second-order valence-electron chi connectivity index (χ2n) is 3.90. The van der Waals surface area contributed by atoms with Crippen molar-refractivity contribution in [3.8, 4) is 0 Å². The summed E-state index contributed by atoms with van der Waals surface area (Å²) in [7, 11) is 0. The monoisotopic (exact) mass is 339 g/mol. The minimum Gasteiger partial charge on any atom is -0.733 e. The van der Waals surface area contributed by atoms with Gasteiger partial charge in [0.2, 0.25) is 0 Å². The van der Waals surface area contributed by atoms with E-state index in [1.165, 1.54) is 0 Å². The molecular weight excluding hydrogens is 331 g/mol. The Morgan fingerprint density at radius 3 is 2.50 bits per heavy atom. The van der Waals surface area contributed by atoms with Gasteiger partial charge in [0.25, 0.3) is 5.91 Å². The SMILES string of the molecule is O=C(Nc1ccc(Br)cc1)c1cc(N([O-])O)ccc1F. The van der Waals surface area contributed by atoms with E-state index in [0.717, 1.165) is 22.7 Å². The molecule has 0 aliphatic heterocycles. The maximum Gasteiger partial charge on any atom is 0.258 e. The molecule has 0 saturated carbocycles. The Morgan fingerprint density at radius 2 is 1.90 bits per heavy atom. The van der Waals surface area contributed by atoms with Crippen LogP contribution in [0.2, 0.25) is 0 Å². The lowest BCUT2D eigenvalue weighted by Crippen LogP contribution is -2.15. The van der Waals surface area contributed by atoms with Crippen LogP contribution in [0, 0.1) is 11.0 Å². The quantitative estimate of drug-likeness (QED) is 0.838. The molecule has 20 heavy (non-hydrogen) atoms. The van der Waals surface area contributed by atoms with Crippen molar-refractivity contribution in [2.45, 2.75) is 0 Å². The van der Waals surface area contributed by atoms with Crippen LogP contribution in [-0.4, -0.2) is 11.1 Å². The lowest BCUT2D eigenvalue weighted by atomic mass is 10.1. The fourth-order valence-electron chi connectivity index (χ4n) is 1.54. The van der Waals surface area contributed by atoms with Gasteiger partial charge in [-0.15, -0.1) is 0 Å². The summed E-state index contributed by atoms with van der Waals surface area (Å²) in [6.07, 6.45) is 0. The Morgan fingerprint density at radius 1 is 1.25 bits per heavy atom. The number of hydrogen-bond donors (Lipinski definition) is 2. The molecule has 2 aromatic rings. The molecule has 5 nitrogen and oxygen atoms in total. The summed E-state index contributed by atoms with van der Waals surface area (Å²) in [6, 6.07) is 9.68. The van der Waals surface area contributed by atoms with E-state index in [1.807, 2.05) is 0 Å². The minimum atomic E-state index is -0.787. The number of anilines is 2. The maximum atomic E-state index is 13.6. The number of amides is 1. The van der Waals surface area contributed by atoms with Crippen LogP contribution in [0.3, 0.4) is 0 Å². The van der Waals surface area contributed by atoms with Crippen molar-refractivity contribution >= 4 is 33.2 Å². The fourth-order valence-corrected chi connectivity index (χ4v) is 1.80. The number of nitrogens with zero attached hydrogens (tertiary/aromatic N) is 1. The smallest absolute Gasteiger partial charge is 0.258 e. The largest absolute Gasteiger partial charge is 0.733 e. The summed E-state index contributed by atoms with van der Waals surface area (Å²) in [5, 5.41) is 21.6. The number of halogens is 2. The highest BCUT2D eigenvalue weighted by Gasteiger charge is 2.13. The van der Waals surface area contributed by atoms with E-state index in [0.29, 0.717) is 5.69 Å².